The lowest BCUT2D eigenvalue weighted by Crippen LogP contribution is -2.49. The third-order valence-electron chi connectivity index (χ3n) is 7.03. The zero-order valence-electron chi connectivity index (χ0n) is 19.7. The summed E-state index contributed by atoms with van der Waals surface area (Å²) in [6.45, 7) is 2.00. The standard InChI is InChI=1S/C27H31N3O4/c1-29-17-22(19-9-5-6-12-23(19)29)25-24(26(31)28-16-18-8-7-14-34-18)20-10-3-4-11-21(20)27(32)30(25)13-15-33-2/h3-6,9-12,17-18,24-25H,7-8,13-16H2,1-2H3,(H,28,31). The second-order valence-corrected chi connectivity index (χ2v) is 9.09. The van der Waals surface area contributed by atoms with E-state index in [4.69, 9.17) is 9.47 Å². The largest absolute Gasteiger partial charge is 0.383 e. The van der Waals surface area contributed by atoms with Gasteiger partial charge in [-0.3, -0.25) is 9.59 Å². The van der Waals surface area contributed by atoms with Crippen LogP contribution in [0.4, 0.5) is 0 Å². The summed E-state index contributed by atoms with van der Waals surface area (Å²) in [5.74, 6) is -0.706. The third kappa shape index (κ3) is 3.99. The van der Waals surface area contributed by atoms with Crippen LogP contribution >= 0.6 is 0 Å². The van der Waals surface area contributed by atoms with Crippen LogP contribution in [0, 0.1) is 0 Å². The van der Waals surface area contributed by atoms with Gasteiger partial charge in [0, 0.05) is 62.1 Å². The van der Waals surface area contributed by atoms with E-state index in [0.29, 0.717) is 25.3 Å². The number of aryl methyl sites for hydroxylation is 1. The molecule has 0 bridgehead atoms. The summed E-state index contributed by atoms with van der Waals surface area (Å²) < 4.78 is 13.1. The van der Waals surface area contributed by atoms with Crippen molar-refractivity contribution in [3.63, 3.8) is 0 Å². The maximum atomic E-state index is 13.8. The summed E-state index contributed by atoms with van der Waals surface area (Å²) >= 11 is 0. The van der Waals surface area contributed by atoms with Gasteiger partial charge in [0.25, 0.3) is 5.91 Å². The summed E-state index contributed by atoms with van der Waals surface area (Å²) in [4.78, 5) is 29.3. The Balaban J connectivity index is 1.62. The molecular weight excluding hydrogens is 430 g/mol. The molecule has 3 unspecified atom stereocenters. The Morgan fingerprint density at radius 3 is 2.74 bits per heavy atom. The molecule has 1 saturated heterocycles. The van der Waals surface area contributed by atoms with Crippen LogP contribution in [0.2, 0.25) is 0 Å². The average molecular weight is 462 g/mol. The van der Waals surface area contributed by atoms with Crippen molar-refractivity contribution in [2.75, 3.05) is 33.4 Å². The average Bonchev–Trinajstić information content (AvgIpc) is 3.50. The summed E-state index contributed by atoms with van der Waals surface area (Å²) in [6.07, 6.45) is 4.07. The summed E-state index contributed by atoms with van der Waals surface area (Å²) in [5, 5.41) is 4.18. The Hall–Kier alpha value is -3.16. The number of methoxy groups -OCH3 is 1. The summed E-state index contributed by atoms with van der Waals surface area (Å²) in [5.41, 5.74) is 3.37. The first-order chi connectivity index (χ1) is 16.6. The Kier molecular flexibility index (Phi) is 6.39. The molecule has 0 spiro atoms. The van der Waals surface area contributed by atoms with Gasteiger partial charge in [-0.05, 0) is 30.5 Å². The van der Waals surface area contributed by atoms with Gasteiger partial charge in [-0.2, -0.15) is 0 Å². The quantitative estimate of drug-likeness (QED) is 0.585. The molecule has 1 fully saturated rings. The van der Waals surface area contributed by atoms with Gasteiger partial charge in [0.1, 0.15) is 0 Å². The molecule has 3 aromatic rings. The van der Waals surface area contributed by atoms with E-state index in [1.54, 1.807) is 7.11 Å². The van der Waals surface area contributed by atoms with Crippen LogP contribution in [0.25, 0.3) is 10.9 Å². The number of hydrogen-bond donors (Lipinski definition) is 1. The normalized spacial score (nSPS) is 22.2. The van der Waals surface area contributed by atoms with Gasteiger partial charge >= 0.3 is 0 Å². The van der Waals surface area contributed by atoms with Crippen LogP contribution in [-0.2, 0) is 21.3 Å². The van der Waals surface area contributed by atoms with E-state index in [-0.39, 0.29) is 17.9 Å². The van der Waals surface area contributed by atoms with Crippen molar-refractivity contribution in [3.8, 4) is 0 Å². The molecule has 2 aromatic carbocycles. The Labute approximate surface area is 199 Å². The van der Waals surface area contributed by atoms with Gasteiger partial charge in [-0.15, -0.1) is 0 Å². The second kappa shape index (κ2) is 9.60. The van der Waals surface area contributed by atoms with Crippen molar-refractivity contribution in [1.82, 2.24) is 14.8 Å². The lowest BCUT2D eigenvalue weighted by atomic mass is 9.79. The first kappa shape index (κ1) is 22.6. The number of rotatable bonds is 7. The monoisotopic (exact) mass is 461 g/mol. The van der Waals surface area contributed by atoms with Gasteiger partial charge in [-0.25, -0.2) is 0 Å². The molecule has 0 radical (unpaired) electrons. The molecule has 0 saturated carbocycles. The maximum Gasteiger partial charge on any atom is 0.254 e. The molecule has 2 aliphatic rings. The van der Waals surface area contributed by atoms with Gasteiger partial charge in [0.15, 0.2) is 0 Å². The minimum atomic E-state index is -0.544. The van der Waals surface area contributed by atoms with Crippen LogP contribution in [-0.4, -0.2) is 60.8 Å². The number of amides is 2. The Morgan fingerprint density at radius 1 is 1.15 bits per heavy atom. The molecule has 2 amide bonds. The number of para-hydroxylation sites is 1. The molecule has 34 heavy (non-hydrogen) atoms. The predicted octanol–water partition coefficient (Wildman–Crippen LogP) is 3.40. The molecule has 7 nitrogen and oxygen atoms in total. The number of nitrogens with one attached hydrogen (secondary N) is 1. The Morgan fingerprint density at radius 2 is 1.94 bits per heavy atom. The lowest BCUT2D eigenvalue weighted by molar-refractivity contribution is -0.124. The van der Waals surface area contributed by atoms with Crippen LogP contribution in [0.5, 0.6) is 0 Å². The number of carbonyl (C=O) groups excluding carboxylic acids is 2. The van der Waals surface area contributed by atoms with Gasteiger partial charge in [-0.1, -0.05) is 36.4 Å². The van der Waals surface area contributed by atoms with E-state index in [9.17, 15) is 9.59 Å². The van der Waals surface area contributed by atoms with Crippen molar-refractivity contribution in [3.05, 3.63) is 71.4 Å². The van der Waals surface area contributed by atoms with E-state index in [1.807, 2.05) is 48.3 Å². The topological polar surface area (TPSA) is 72.8 Å². The molecule has 1 N–H and O–H groups in total. The Bertz CT molecular complexity index is 1200. The molecule has 178 valence electrons. The highest BCUT2D eigenvalue weighted by Gasteiger charge is 2.45. The van der Waals surface area contributed by atoms with Crippen molar-refractivity contribution in [2.24, 2.45) is 7.05 Å². The zero-order chi connectivity index (χ0) is 23.7. The number of ether oxygens (including phenoxy) is 2. The van der Waals surface area contributed by atoms with Crippen molar-refractivity contribution in [1.29, 1.82) is 0 Å². The first-order valence-corrected chi connectivity index (χ1v) is 11.9. The zero-order valence-corrected chi connectivity index (χ0v) is 19.7. The molecule has 3 atom stereocenters. The van der Waals surface area contributed by atoms with Crippen molar-refractivity contribution >= 4 is 22.7 Å². The van der Waals surface area contributed by atoms with E-state index < -0.39 is 12.0 Å². The van der Waals surface area contributed by atoms with Crippen molar-refractivity contribution in [2.45, 2.75) is 30.9 Å². The lowest BCUT2D eigenvalue weighted by Gasteiger charge is -2.41. The molecule has 0 aliphatic carbocycles. The maximum absolute atomic E-state index is 13.8. The van der Waals surface area contributed by atoms with Crippen molar-refractivity contribution < 1.29 is 19.1 Å². The predicted molar refractivity (Wildman–Crippen MR) is 130 cm³/mol. The molecular formula is C27H31N3O4. The van der Waals surface area contributed by atoms with E-state index in [0.717, 1.165) is 41.5 Å². The molecule has 1 aromatic heterocycles. The van der Waals surface area contributed by atoms with Crippen LogP contribution in [0.3, 0.4) is 0 Å². The fourth-order valence-electron chi connectivity index (χ4n) is 5.39. The second-order valence-electron chi connectivity index (χ2n) is 9.09. The first-order valence-electron chi connectivity index (χ1n) is 11.9. The molecule has 3 heterocycles. The van der Waals surface area contributed by atoms with Gasteiger partial charge in [0.2, 0.25) is 5.91 Å². The van der Waals surface area contributed by atoms with Crippen LogP contribution in [0.1, 0.15) is 46.3 Å². The summed E-state index contributed by atoms with van der Waals surface area (Å²) in [7, 11) is 3.62. The number of carbonyl (C=O) groups is 2. The van der Waals surface area contributed by atoms with Gasteiger partial charge < -0.3 is 24.3 Å². The molecule has 2 aliphatic heterocycles. The highest BCUT2D eigenvalue weighted by Crippen LogP contribution is 2.45. The fourth-order valence-corrected chi connectivity index (χ4v) is 5.39. The molecule has 5 rings (SSSR count). The highest BCUT2D eigenvalue weighted by molar-refractivity contribution is 6.02. The minimum Gasteiger partial charge on any atom is -0.383 e. The number of benzene rings is 2. The van der Waals surface area contributed by atoms with Crippen LogP contribution < -0.4 is 5.32 Å². The summed E-state index contributed by atoms with van der Waals surface area (Å²) in [6, 6.07) is 15.1. The van der Waals surface area contributed by atoms with Gasteiger partial charge in [0.05, 0.1) is 24.7 Å². The minimum absolute atomic E-state index is 0.0463. The van der Waals surface area contributed by atoms with Crippen LogP contribution in [0.15, 0.2) is 54.7 Å². The highest BCUT2D eigenvalue weighted by atomic mass is 16.5. The van der Waals surface area contributed by atoms with E-state index in [2.05, 4.69) is 28.2 Å². The molecule has 7 heteroatoms. The fraction of sp³-hybridized carbons (Fsp3) is 0.407. The third-order valence-corrected chi connectivity index (χ3v) is 7.03. The number of hydrogen-bond acceptors (Lipinski definition) is 4. The van der Waals surface area contributed by atoms with E-state index in [1.165, 1.54) is 0 Å². The number of aromatic nitrogens is 1. The number of nitrogens with zero attached hydrogens (tertiary/aromatic N) is 2. The smallest absolute Gasteiger partial charge is 0.254 e. The number of fused-ring (bicyclic) bond motifs is 2. The van der Waals surface area contributed by atoms with E-state index >= 15 is 0 Å². The SMILES string of the molecule is COCCN1C(=O)c2ccccc2C(C(=O)NCC2CCCO2)C1c1cn(C)c2ccccc12.